The summed E-state index contributed by atoms with van der Waals surface area (Å²) in [7, 11) is 0. The zero-order chi connectivity index (χ0) is 18.1. The van der Waals surface area contributed by atoms with Gasteiger partial charge in [0.1, 0.15) is 5.69 Å². The Balaban J connectivity index is 1.98. The summed E-state index contributed by atoms with van der Waals surface area (Å²) in [6.45, 7) is 4.08. The van der Waals surface area contributed by atoms with Crippen molar-refractivity contribution in [2.45, 2.75) is 13.8 Å². The molecule has 0 spiro atoms. The van der Waals surface area contributed by atoms with Gasteiger partial charge in [-0.05, 0) is 37.1 Å². The molecule has 0 atom stereocenters. The van der Waals surface area contributed by atoms with Crippen LogP contribution >= 0.6 is 0 Å². The largest absolute Gasteiger partial charge is 0.493 e. The van der Waals surface area contributed by atoms with E-state index in [1.807, 2.05) is 85.8 Å². The highest BCUT2D eigenvalue weighted by Gasteiger charge is 2.21. The van der Waals surface area contributed by atoms with Gasteiger partial charge in [0.2, 0.25) is 5.88 Å². The molecule has 0 saturated heterocycles. The number of hydrogen-bond acceptors (Lipinski definition) is 2. The predicted molar refractivity (Wildman–Crippen MR) is 106 cm³/mol. The van der Waals surface area contributed by atoms with Crippen LogP contribution in [0.25, 0.3) is 28.1 Å². The van der Waals surface area contributed by atoms with Gasteiger partial charge in [-0.3, -0.25) is 0 Å². The maximum absolute atomic E-state index is 11.0. The van der Waals surface area contributed by atoms with Gasteiger partial charge in [-0.15, -0.1) is 0 Å². The third-order valence-corrected chi connectivity index (χ3v) is 4.49. The molecule has 128 valence electrons. The van der Waals surface area contributed by atoms with Crippen LogP contribution in [-0.4, -0.2) is 14.9 Å². The van der Waals surface area contributed by atoms with E-state index in [0.29, 0.717) is 0 Å². The fourth-order valence-corrected chi connectivity index (χ4v) is 3.13. The summed E-state index contributed by atoms with van der Waals surface area (Å²) in [5.41, 5.74) is 6.59. The van der Waals surface area contributed by atoms with Gasteiger partial charge in [-0.2, -0.15) is 5.10 Å². The molecular formula is C23H20N2O. The molecule has 1 aromatic heterocycles. The Morgan fingerprint density at radius 2 is 1.46 bits per heavy atom. The molecule has 0 bridgehead atoms. The molecule has 0 saturated carbocycles. The van der Waals surface area contributed by atoms with Crippen molar-refractivity contribution < 1.29 is 5.11 Å². The van der Waals surface area contributed by atoms with Crippen molar-refractivity contribution in [2.24, 2.45) is 0 Å². The Morgan fingerprint density at radius 3 is 2.15 bits per heavy atom. The van der Waals surface area contributed by atoms with Crippen LogP contribution in [0.1, 0.15) is 11.1 Å². The second kappa shape index (κ2) is 6.52. The molecular weight excluding hydrogens is 320 g/mol. The van der Waals surface area contributed by atoms with Crippen LogP contribution in [0.2, 0.25) is 0 Å². The summed E-state index contributed by atoms with van der Waals surface area (Å²) < 4.78 is 1.62. The first kappa shape index (κ1) is 16.2. The first-order valence-corrected chi connectivity index (χ1v) is 8.65. The van der Waals surface area contributed by atoms with Gasteiger partial charge in [0.25, 0.3) is 0 Å². The standard InChI is InChI=1S/C23H20N2O/c1-16-11-13-18(14-12-16)21-22(19-8-4-3-5-9-19)24-25(23(21)26)20-10-6-7-17(2)15-20/h3-15,26H,1-2H3. The lowest BCUT2D eigenvalue weighted by molar-refractivity contribution is 0.435. The van der Waals surface area contributed by atoms with Gasteiger partial charge >= 0.3 is 0 Å². The predicted octanol–water partition coefficient (Wildman–Crippen LogP) is 5.53. The molecule has 0 aliphatic rings. The average Bonchev–Trinajstić information content (AvgIpc) is 3.00. The average molecular weight is 340 g/mol. The zero-order valence-corrected chi connectivity index (χ0v) is 14.8. The Kier molecular flexibility index (Phi) is 4.05. The van der Waals surface area contributed by atoms with Crippen LogP contribution in [-0.2, 0) is 0 Å². The third kappa shape index (κ3) is 2.88. The van der Waals surface area contributed by atoms with Crippen LogP contribution in [0.5, 0.6) is 5.88 Å². The topological polar surface area (TPSA) is 38.0 Å². The molecule has 3 heteroatoms. The first-order chi connectivity index (χ1) is 12.6. The number of nitrogens with zero attached hydrogens (tertiary/aromatic N) is 2. The van der Waals surface area contributed by atoms with E-state index in [4.69, 9.17) is 5.10 Å². The molecule has 0 radical (unpaired) electrons. The van der Waals surface area contributed by atoms with Gasteiger partial charge in [0, 0.05) is 5.56 Å². The highest BCUT2D eigenvalue weighted by atomic mass is 16.3. The Labute approximate surface area is 153 Å². The number of aryl methyl sites for hydroxylation is 2. The zero-order valence-electron chi connectivity index (χ0n) is 14.8. The van der Waals surface area contributed by atoms with Crippen LogP contribution in [0.4, 0.5) is 0 Å². The molecule has 4 rings (SSSR count). The van der Waals surface area contributed by atoms with Crippen molar-refractivity contribution >= 4 is 0 Å². The van der Waals surface area contributed by atoms with E-state index in [-0.39, 0.29) is 5.88 Å². The van der Waals surface area contributed by atoms with Crippen LogP contribution in [0.15, 0.2) is 78.9 Å². The SMILES string of the molecule is Cc1ccc(-c2c(-c3ccccc3)nn(-c3cccc(C)c3)c2O)cc1. The maximum Gasteiger partial charge on any atom is 0.222 e. The molecule has 0 aliphatic heterocycles. The van der Waals surface area contributed by atoms with E-state index < -0.39 is 0 Å². The maximum atomic E-state index is 11.0. The number of benzene rings is 3. The van der Waals surface area contributed by atoms with Gasteiger partial charge in [-0.25, -0.2) is 4.68 Å². The molecule has 4 aromatic rings. The van der Waals surface area contributed by atoms with Crippen molar-refractivity contribution in [2.75, 3.05) is 0 Å². The second-order valence-electron chi connectivity index (χ2n) is 6.53. The van der Waals surface area contributed by atoms with Crippen molar-refractivity contribution in [1.29, 1.82) is 0 Å². The van der Waals surface area contributed by atoms with E-state index >= 15 is 0 Å². The molecule has 1 heterocycles. The number of hydrogen-bond donors (Lipinski definition) is 1. The summed E-state index contributed by atoms with van der Waals surface area (Å²) in [6.07, 6.45) is 0. The van der Waals surface area contributed by atoms with E-state index in [0.717, 1.165) is 33.6 Å². The summed E-state index contributed by atoms with van der Waals surface area (Å²) in [4.78, 5) is 0. The van der Waals surface area contributed by atoms with Gasteiger partial charge < -0.3 is 5.11 Å². The van der Waals surface area contributed by atoms with E-state index in [1.54, 1.807) is 4.68 Å². The Bertz CT molecular complexity index is 1050. The summed E-state index contributed by atoms with van der Waals surface area (Å²) in [5.74, 6) is 0.151. The smallest absolute Gasteiger partial charge is 0.222 e. The fourth-order valence-electron chi connectivity index (χ4n) is 3.13. The minimum atomic E-state index is 0.151. The Hall–Kier alpha value is -3.33. The summed E-state index contributed by atoms with van der Waals surface area (Å²) in [5, 5.41) is 15.8. The van der Waals surface area contributed by atoms with Gasteiger partial charge in [-0.1, -0.05) is 72.3 Å². The molecule has 1 N–H and O–H groups in total. The lowest BCUT2D eigenvalue weighted by Gasteiger charge is -2.05. The molecule has 3 aromatic carbocycles. The van der Waals surface area contributed by atoms with Crippen LogP contribution in [0.3, 0.4) is 0 Å². The number of rotatable bonds is 3. The number of aromatic nitrogens is 2. The van der Waals surface area contributed by atoms with Gasteiger partial charge in [0.05, 0.1) is 11.3 Å². The normalized spacial score (nSPS) is 10.8. The fraction of sp³-hybridized carbons (Fsp3) is 0.0870. The van der Waals surface area contributed by atoms with E-state index in [2.05, 4.69) is 6.92 Å². The molecule has 0 fully saturated rings. The van der Waals surface area contributed by atoms with Gasteiger partial charge in [0.15, 0.2) is 0 Å². The summed E-state index contributed by atoms with van der Waals surface area (Å²) >= 11 is 0. The second-order valence-corrected chi connectivity index (χ2v) is 6.53. The highest BCUT2D eigenvalue weighted by Crippen LogP contribution is 2.39. The van der Waals surface area contributed by atoms with Crippen molar-refractivity contribution in [1.82, 2.24) is 9.78 Å². The van der Waals surface area contributed by atoms with Crippen LogP contribution in [0, 0.1) is 13.8 Å². The molecule has 3 nitrogen and oxygen atoms in total. The molecule has 26 heavy (non-hydrogen) atoms. The highest BCUT2D eigenvalue weighted by molar-refractivity contribution is 5.85. The van der Waals surface area contributed by atoms with E-state index in [9.17, 15) is 5.11 Å². The van der Waals surface area contributed by atoms with Crippen molar-refractivity contribution in [3.05, 3.63) is 90.0 Å². The monoisotopic (exact) mass is 340 g/mol. The lowest BCUT2D eigenvalue weighted by Crippen LogP contribution is -1.96. The lowest BCUT2D eigenvalue weighted by atomic mass is 10.0. The molecule has 0 aliphatic carbocycles. The minimum Gasteiger partial charge on any atom is -0.493 e. The van der Waals surface area contributed by atoms with Crippen molar-refractivity contribution in [3.63, 3.8) is 0 Å². The minimum absolute atomic E-state index is 0.151. The van der Waals surface area contributed by atoms with Crippen LogP contribution < -0.4 is 0 Å². The third-order valence-electron chi connectivity index (χ3n) is 4.49. The van der Waals surface area contributed by atoms with Crippen molar-refractivity contribution in [3.8, 4) is 34.0 Å². The quantitative estimate of drug-likeness (QED) is 0.532. The first-order valence-electron chi connectivity index (χ1n) is 8.65. The summed E-state index contributed by atoms with van der Waals surface area (Å²) in [6, 6.07) is 26.1. The molecule has 0 unspecified atom stereocenters. The number of aromatic hydroxyl groups is 1. The molecule has 0 amide bonds. The Morgan fingerprint density at radius 1 is 0.731 bits per heavy atom. The van der Waals surface area contributed by atoms with E-state index in [1.165, 1.54) is 5.56 Å².